The lowest BCUT2D eigenvalue weighted by molar-refractivity contribution is 0.0237. The van der Waals surface area contributed by atoms with Gasteiger partial charge < -0.3 is 15.2 Å². The summed E-state index contributed by atoms with van der Waals surface area (Å²) in [4.78, 5) is 4.25. The molecule has 1 unspecified atom stereocenters. The Morgan fingerprint density at radius 1 is 1.44 bits per heavy atom. The highest BCUT2D eigenvalue weighted by molar-refractivity contribution is 5.20. The third-order valence-electron chi connectivity index (χ3n) is 2.74. The molecule has 1 aromatic heterocycles. The van der Waals surface area contributed by atoms with Crippen LogP contribution in [0.15, 0.2) is 18.3 Å². The van der Waals surface area contributed by atoms with Gasteiger partial charge in [-0.2, -0.15) is 0 Å². The summed E-state index contributed by atoms with van der Waals surface area (Å²) in [7, 11) is 0. The lowest BCUT2D eigenvalue weighted by Crippen LogP contribution is -2.26. The Balaban J connectivity index is 1.93. The molecule has 0 radical (unpaired) electrons. The Morgan fingerprint density at radius 3 is 2.75 bits per heavy atom. The zero-order chi connectivity index (χ0) is 11.4. The van der Waals surface area contributed by atoms with E-state index < -0.39 is 0 Å². The van der Waals surface area contributed by atoms with Crippen molar-refractivity contribution in [1.82, 2.24) is 4.98 Å². The minimum Gasteiger partial charge on any atom is -0.474 e. The van der Waals surface area contributed by atoms with Crippen molar-refractivity contribution in [3.63, 3.8) is 0 Å². The van der Waals surface area contributed by atoms with E-state index in [4.69, 9.17) is 15.2 Å². The normalized spacial score (nSPS) is 19.4. The zero-order valence-corrected chi connectivity index (χ0v) is 9.56. The van der Waals surface area contributed by atoms with Crippen molar-refractivity contribution in [3.8, 4) is 5.88 Å². The van der Waals surface area contributed by atoms with Crippen LogP contribution in [0.5, 0.6) is 5.88 Å². The number of hydrogen-bond donors (Lipinski definition) is 1. The van der Waals surface area contributed by atoms with Crippen LogP contribution in [0.25, 0.3) is 0 Å². The molecule has 16 heavy (non-hydrogen) atoms. The van der Waals surface area contributed by atoms with E-state index in [1.54, 1.807) is 6.20 Å². The average molecular weight is 222 g/mol. The monoisotopic (exact) mass is 222 g/mol. The van der Waals surface area contributed by atoms with Crippen LogP contribution in [-0.2, 0) is 4.74 Å². The second-order valence-corrected chi connectivity index (χ2v) is 4.15. The molecule has 0 amide bonds. The highest BCUT2D eigenvalue weighted by atomic mass is 16.5. The molecule has 1 aliphatic rings. The van der Waals surface area contributed by atoms with E-state index in [2.05, 4.69) is 4.98 Å². The number of nitrogens with two attached hydrogens (primary N) is 1. The van der Waals surface area contributed by atoms with Crippen LogP contribution >= 0.6 is 0 Å². The first-order valence-electron chi connectivity index (χ1n) is 5.71. The van der Waals surface area contributed by atoms with Gasteiger partial charge in [-0.15, -0.1) is 0 Å². The number of nitrogens with zero attached hydrogens (tertiary/aromatic N) is 1. The lowest BCUT2D eigenvalue weighted by atomic mass is 10.1. The SMILES string of the molecule is CC(N)c1ccc(OC2CCOCC2)nc1. The molecule has 4 heteroatoms. The largest absolute Gasteiger partial charge is 0.474 e. The lowest BCUT2D eigenvalue weighted by Gasteiger charge is -2.22. The van der Waals surface area contributed by atoms with E-state index in [0.717, 1.165) is 31.6 Å². The second-order valence-electron chi connectivity index (χ2n) is 4.15. The molecule has 1 atom stereocenters. The number of rotatable bonds is 3. The quantitative estimate of drug-likeness (QED) is 0.845. The van der Waals surface area contributed by atoms with Crippen LogP contribution in [0.2, 0.25) is 0 Å². The molecular formula is C12H18N2O2. The molecule has 0 saturated carbocycles. The fourth-order valence-corrected chi connectivity index (χ4v) is 1.70. The highest BCUT2D eigenvalue weighted by Crippen LogP contribution is 2.17. The van der Waals surface area contributed by atoms with Gasteiger partial charge in [0.15, 0.2) is 0 Å². The van der Waals surface area contributed by atoms with Crippen LogP contribution in [0.1, 0.15) is 31.4 Å². The Morgan fingerprint density at radius 2 is 2.19 bits per heavy atom. The summed E-state index contributed by atoms with van der Waals surface area (Å²) in [5, 5.41) is 0. The van der Waals surface area contributed by atoms with Crippen molar-refractivity contribution in [2.75, 3.05) is 13.2 Å². The molecule has 2 heterocycles. The summed E-state index contributed by atoms with van der Waals surface area (Å²) >= 11 is 0. The van der Waals surface area contributed by atoms with Crippen molar-refractivity contribution >= 4 is 0 Å². The zero-order valence-electron chi connectivity index (χ0n) is 9.56. The van der Waals surface area contributed by atoms with Gasteiger partial charge in [-0.1, -0.05) is 6.07 Å². The maximum atomic E-state index is 5.76. The highest BCUT2D eigenvalue weighted by Gasteiger charge is 2.15. The maximum Gasteiger partial charge on any atom is 0.213 e. The molecule has 1 fully saturated rings. The summed E-state index contributed by atoms with van der Waals surface area (Å²) in [6.07, 6.45) is 3.90. The average Bonchev–Trinajstić information content (AvgIpc) is 2.31. The molecule has 2 rings (SSSR count). The van der Waals surface area contributed by atoms with E-state index >= 15 is 0 Å². The van der Waals surface area contributed by atoms with Gasteiger partial charge >= 0.3 is 0 Å². The second kappa shape index (κ2) is 5.27. The first-order valence-corrected chi connectivity index (χ1v) is 5.71. The fourth-order valence-electron chi connectivity index (χ4n) is 1.70. The van der Waals surface area contributed by atoms with Crippen molar-refractivity contribution in [2.45, 2.75) is 31.9 Å². The Labute approximate surface area is 95.8 Å². The third-order valence-corrected chi connectivity index (χ3v) is 2.74. The van der Waals surface area contributed by atoms with Crippen LogP contribution in [0.4, 0.5) is 0 Å². The van der Waals surface area contributed by atoms with E-state index in [1.807, 2.05) is 19.1 Å². The molecule has 0 aliphatic carbocycles. The Hall–Kier alpha value is -1.13. The van der Waals surface area contributed by atoms with Gasteiger partial charge in [-0.25, -0.2) is 4.98 Å². The van der Waals surface area contributed by atoms with Crippen molar-refractivity contribution in [3.05, 3.63) is 23.9 Å². The van der Waals surface area contributed by atoms with Crippen LogP contribution in [0, 0.1) is 0 Å². The van der Waals surface area contributed by atoms with Gasteiger partial charge in [0.1, 0.15) is 6.10 Å². The van der Waals surface area contributed by atoms with Crippen molar-refractivity contribution in [2.24, 2.45) is 5.73 Å². The molecular weight excluding hydrogens is 204 g/mol. The van der Waals surface area contributed by atoms with Crippen LogP contribution < -0.4 is 10.5 Å². The number of hydrogen-bond acceptors (Lipinski definition) is 4. The van der Waals surface area contributed by atoms with E-state index in [0.29, 0.717) is 5.88 Å². The molecule has 1 aromatic rings. The minimum atomic E-state index is 0.0182. The van der Waals surface area contributed by atoms with Gasteiger partial charge in [0.05, 0.1) is 13.2 Å². The van der Waals surface area contributed by atoms with Crippen molar-refractivity contribution < 1.29 is 9.47 Å². The first-order chi connectivity index (χ1) is 7.75. The molecule has 88 valence electrons. The van der Waals surface area contributed by atoms with Crippen molar-refractivity contribution in [1.29, 1.82) is 0 Å². The Bertz CT molecular complexity index is 318. The van der Waals surface area contributed by atoms with Gasteiger partial charge in [0.2, 0.25) is 5.88 Å². The predicted octanol–water partition coefficient (Wildman–Crippen LogP) is 1.66. The van der Waals surface area contributed by atoms with E-state index in [-0.39, 0.29) is 12.1 Å². The summed E-state index contributed by atoms with van der Waals surface area (Å²) in [5.74, 6) is 0.677. The summed E-state index contributed by atoms with van der Waals surface area (Å²) in [6, 6.07) is 3.87. The number of pyridine rings is 1. The van der Waals surface area contributed by atoms with Gasteiger partial charge in [-0.05, 0) is 12.5 Å². The predicted molar refractivity (Wildman–Crippen MR) is 61.3 cm³/mol. The summed E-state index contributed by atoms with van der Waals surface area (Å²) in [5.41, 5.74) is 6.78. The van der Waals surface area contributed by atoms with E-state index in [9.17, 15) is 0 Å². The Kier molecular flexibility index (Phi) is 3.74. The molecule has 1 aliphatic heterocycles. The standard InChI is InChI=1S/C12H18N2O2/c1-9(13)10-2-3-12(14-8-10)16-11-4-6-15-7-5-11/h2-3,8-9,11H,4-7,13H2,1H3. The van der Waals surface area contributed by atoms with Gasteiger partial charge in [0.25, 0.3) is 0 Å². The van der Waals surface area contributed by atoms with Gasteiger partial charge in [-0.3, -0.25) is 0 Å². The van der Waals surface area contributed by atoms with Crippen LogP contribution in [0.3, 0.4) is 0 Å². The topological polar surface area (TPSA) is 57.4 Å². The molecule has 4 nitrogen and oxygen atoms in total. The molecule has 0 aromatic carbocycles. The maximum absolute atomic E-state index is 5.76. The molecule has 1 saturated heterocycles. The summed E-state index contributed by atoms with van der Waals surface area (Å²) in [6.45, 7) is 3.50. The number of ether oxygens (including phenoxy) is 2. The molecule has 0 spiro atoms. The fraction of sp³-hybridized carbons (Fsp3) is 0.583. The minimum absolute atomic E-state index is 0.0182. The van der Waals surface area contributed by atoms with Crippen LogP contribution in [-0.4, -0.2) is 24.3 Å². The molecule has 0 bridgehead atoms. The summed E-state index contributed by atoms with van der Waals surface area (Å²) < 4.78 is 11.0. The molecule has 2 N–H and O–H groups in total. The van der Waals surface area contributed by atoms with E-state index in [1.165, 1.54) is 0 Å². The van der Waals surface area contributed by atoms with Gasteiger partial charge in [0, 0.05) is 31.1 Å². The third kappa shape index (κ3) is 2.93. The smallest absolute Gasteiger partial charge is 0.213 e. The first kappa shape index (κ1) is 11.4. The number of aromatic nitrogens is 1.